The first-order valence-electron chi connectivity index (χ1n) is 5.98. The van der Waals surface area contributed by atoms with Gasteiger partial charge in [0, 0.05) is 13.1 Å². The Kier molecular flexibility index (Phi) is 8.88. The molecule has 0 aromatic heterocycles. The van der Waals surface area contributed by atoms with E-state index >= 15 is 0 Å². The molecule has 16 heteroatoms. The topological polar surface area (TPSA) is 111 Å². The third kappa shape index (κ3) is 8.43. The van der Waals surface area contributed by atoms with Crippen LogP contribution < -0.4 is 9.44 Å². The molecule has 0 atom stereocenters. The lowest BCUT2D eigenvalue weighted by Gasteiger charge is -2.10. The van der Waals surface area contributed by atoms with Gasteiger partial charge in [-0.3, -0.25) is 0 Å². The maximum Gasteiger partial charge on any atom is 0.511 e. The van der Waals surface area contributed by atoms with Crippen molar-refractivity contribution in [1.82, 2.24) is 9.44 Å². The van der Waals surface area contributed by atoms with Crippen LogP contribution in [0.2, 0.25) is 0 Å². The van der Waals surface area contributed by atoms with E-state index in [0.717, 1.165) is 0 Å². The molecule has 2 N–H and O–H groups in total. The van der Waals surface area contributed by atoms with Crippen LogP contribution in [0.1, 0.15) is 0 Å². The summed E-state index contributed by atoms with van der Waals surface area (Å²) >= 11 is 0. The van der Waals surface area contributed by atoms with Crippen molar-refractivity contribution in [3.8, 4) is 0 Å². The molecule has 0 heterocycles. The second-order valence-electron chi connectivity index (χ2n) is 3.91. The van der Waals surface area contributed by atoms with Crippen molar-refractivity contribution < 1.29 is 52.7 Å². The van der Waals surface area contributed by atoms with Gasteiger partial charge in [0.05, 0.1) is 26.4 Å². The molecule has 0 amide bonds. The second-order valence-corrected chi connectivity index (χ2v) is 7.43. The lowest BCUT2D eigenvalue weighted by molar-refractivity contribution is -0.0456. The predicted octanol–water partition coefficient (Wildman–Crippen LogP) is -0.102. The molecule has 0 fully saturated rings. The number of hydrogen-bond acceptors (Lipinski definition) is 6. The Morgan fingerprint density at radius 3 is 1.17 bits per heavy atom. The summed E-state index contributed by atoms with van der Waals surface area (Å²) in [5.74, 6) is 0. The Hall–Kier alpha value is -0.680. The molecule has 0 saturated heterocycles. The zero-order valence-electron chi connectivity index (χ0n) is 11.8. The Labute approximate surface area is 133 Å². The number of ether oxygens (including phenoxy) is 2. The molecule has 24 heavy (non-hydrogen) atoms. The van der Waals surface area contributed by atoms with Gasteiger partial charge in [0.25, 0.3) is 0 Å². The summed E-state index contributed by atoms with van der Waals surface area (Å²) in [5, 5.41) is 0. The Morgan fingerprint density at radius 1 is 0.625 bits per heavy atom. The molecular weight excluding hydrogens is 398 g/mol. The normalized spacial score (nSPS) is 14.1. The largest absolute Gasteiger partial charge is 0.511 e. The molecule has 0 aliphatic carbocycles. The van der Waals surface area contributed by atoms with Gasteiger partial charge in [-0.2, -0.15) is 26.3 Å². The van der Waals surface area contributed by atoms with Crippen molar-refractivity contribution in [2.75, 3.05) is 39.5 Å². The van der Waals surface area contributed by atoms with Crippen LogP contribution in [0, 0.1) is 0 Å². The summed E-state index contributed by atoms with van der Waals surface area (Å²) in [4.78, 5) is 0. The minimum atomic E-state index is -5.45. The Balaban J connectivity index is 3.67. The Morgan fingerprint density at radius 2 is 0.917 bits per heavy atom. The van der Waals surface area contributed by atoms with Gasteiger partial charge in [0.15, 0.2) is 0 Å². The van der Waals surface area contributed by atoms with E-state index in [0.29, 0.717) is 0 Å². The summed E-state index contributed by atoms with van der Waals surface area (Å²) < 4.78 is 126. The highest BCUT2D eigenvalue weighted by Crippen LogP contribution is 2.21. The van der Waals surface area contributed by atoms with Gasteiger partial charge in [-0.25, -0.2) is 26.3 Å². The summed E-state index contributed by atoms with van der Waals surface area (Å²) in [7, 11) is -10.9. The highest BCUT2D eigenvalue weighted by Gasteiger charge is 2.46. The fraction of sp³-hybridized carbons (Fsp3) is 1.00. The molecule has 0 unspecified atom stereocenters. The van der Waals surface area contributed by atoms with Gasteiger partial charge in [-0.1, -0.05) is 0 Å². The minimum absolute atomic E-state index is 0.195. The van der Waals surface area contributed by atoms with Crippen LogP contribution in [0.5, 0.6) is 0 Å². The van der Waals surface area contributed by atoms with E-state index in [2.05, 4.69) is 0 Å². The number of rotatable bonds is 11. The van der Waals surface area contributed by atoms with E-state index in [1.54, 1.807) is 0 Å². The van der Waals surface area contributed by atoms with Crippen LogP contribution >= 0.6 is 0 Å². The first-order valence-corrected chi connectivity index (χ1v) is 8.95. The zero-order valence-corrected chi connectivity index (χ0v) is 13.4. The molecule has 0 aliphatic heterocycles. The molecular formula is C8H14F6N2O6S2. The number of alkyl halides is 6. The summed E-state index contributed by atoms with van der Waals surface area (Å²) in [6.07, 6.45) is 0. The fourth-order valence-corrected chi connectivity index (χ4v) is 2.01. The van der Waals surface area contributed by atoms with Crippen LogP contribution in [-0.4, -0.2) is 67.4 Å². The molecule has 146 valence electrons. The highest BCUT2D eigenvalue weighted by atomic mass is 32.2. The van der Waals surface area contributed by atoms with E-state index in [9.17, 15) is 43.2 Å². The molecule has 0 saturated carbocycles. The number of halogens is 6. The smallest absolute Gasteiger partial charge is 0.378 e. The fourth-order valence-electron chi connectivity index (χ4n) is 0.982. The van der Waals surface area contributed by atoms with Gasteiger partial charge < -0.3 is 9.47 Å². The average Bonchev–Trinajstić information content (AvgIpc) is 2.38. The van der Waals surface area contributed by atoms with Crippen molar-refractivity contribution in [3.05, 3.63) is 0 Å². The maximum absolute atomic E-state index is 11.9. The van der Waals surface area contributed by atoms with E-state index < -0.39 is 57.4 Å². The third-order valence-corrected chi connectivity index (χ3v) is 4.45. The number of nitrogens with one attached hydrogen (secondary N) is 2. The molecule has 8 nitrogen and oxygen atoms in total. The number of hydrogen-bond donors (Lipinski definition) is 2. The van der Waals surface area contributed by atoms with Crippen molar-refractivity contribution in [2.45, 2.75) is 11.0 Å². The van der Waals surface area contributed by atoms with E-state index in [-0.39, 0.29) is 13.2 Å². The maximum atomic E-state index is 11.9. The predicted molar refractivity (Wildman–Crippen MR) is 67.6 cm³/mol. The van der Waals surface area contributed by atoms with Gasteiger partial charge >= 0.3 is 31.1 Å². The molecule has 0 bridgehead atoms. The van der Waals surface area contributed by atoms with Crippen LogP contribution in [-0.2, 0) is 29.5 Å². The molecule has 0 aromatic carbocycles. The van der Waals surface area contributed by atoms with Crippen LogP contribution in [0.4, 0.5) is 26.3 Å². The van der Waals surface area contributed by atoms with Crippen molar-refractivity contribution in [3.63, 3.8) is 0 Å². The standard InChI is InChI=1S/C8H14F6N2O6S2/c9-7(10,11)23(17,18)15-1-3-21-5-6-22-4-2-16-24(19,20)8(12,13)14/h15-16H,1-6H2. The van der Waals surface area contributed by atoms with Gasteiger partial charge in [0.1, 0.15) is 0 Å². The molecule has 0 spiro atoms. The monoisotopic (exact) mass is 412 g/mol. The lowest BCUT2D eigenvalue weighted by atomic mass is 10.7. The van der Waals surface area contributed by atoms with E-state index in [1.807, 2.05) is 0 Å². The summed E-state index contributed by atoms with van der Waals surface area (Å²) in [6, 6.07) is 0. The van der Waals surface area contributed by atoms with Crippen LogP contribution in [0.15, 0.2) is 0 Å². The average molecular weight is 412 g/mol. The van der Waals surface area contributed by atoms with Gasteiger partial charge in [-0.05, 0) is 0 Å². The van der Waals surface area contributed by atoms with Crippen LogP contribution in [0.25, 0.3) is 0 Å². The van der Waals surface area contributed by atoms with E-state index in [4.69, 9.17) is 9.47 Å². The highest BCUT2D eigenvalue weighted by molar-refractivity contribution is 7.90. The quantitative estimate of drug-likeness (QED) is 0.362. The molecule has 0 rings (SSSR count). The van der Waals surface area contributed by atoms with Gasteiger partial charge in [-0.15, -0.1) is 0 Å². The van der Waals surface area contributed by atoms with Crippen LogP contribution in [0.3, 0.4) is 0 Å². The minimum Gasteiger partial charge on any atom is -0.378 e. The summed E-state index contributed by atoms with van der Waals surface area (Å²) in [5.41, 5.74) is -10.9. The molecule has 0 aliphatic rings. The number of sulfonamides is 2. The Bertz CT molecular complexity index is 521. The zero-order chi connectivity index (χ0) is 19.1. The van der Waals surface area contributed by atoms with E-state index in [1.165, 1.54) is 9.44 Å². The SMILES string of the molecule is O=S(=O)(NCCOCCOCCNS(=O)(=O)C(F)(F)F)C(F)(F)F. The van der Waals surface area contributed by atoms with Crippen molar-refractivity contribution in [2.24, 2.45) is 0 Å². The summed E-state index contributed by atoms with van der Waals surface area (Å²) in [6.45, 7) is -2.49. The molecule has 0 aromatic rings. The van der Waals surface area contributed by atoms with Gasteiger partial charge in [0.2, 0.25) is 0 Å². The first-order chi connectivity index (χ1) is 10.7. The molecule has 0 radical (unpaired) electrons. The lowest BCUT2D eigenvalue weighted by Crippen LogP contribution is -2.38. The van der Waals surface area contributed by atoms with Crippen molar-refractivity contribution in [1.29, 1.82) is 0 Å². The van der Waals surface area contributed by atoms with Crippen molar-refractivity contribution >= 4 is 20.0 Å². The third-order valence-electron chi connectivity index (χ3n) is 2.06. The second kappa shape index (κ2) is 9.14. The first kappa shape index (κ1) is 23.3.